The zero-order chi connectivity index (χ0) is 19.3. The molecule has 3 N–H and O–H groups in total. The van der Waals surface area contributed by atoms with Crippen molar-refractivity contribution in [2.24, 2.45) is 5.73 Å². The molecule has 3 amide bonds. The lowest BCUT2D eigenvalue weighted by molar-refractivity contribution is -0.130. The Bertz CT molecular complexity index is 654. The fraction of sp³-hybridized carbons (Fsp3) is 0.526. The van der Waals surface area contributed by atoms with Crippen LogP contribution < -0.4 is 11.1 Å². The van der Waals surface area contributed by atoms with E-state index in [9.17, 15) is 14.4 Å². The summed E-state index contributed by atoms with van der Waals surface area (Å²) in [4.78, 5) is 38.2. The number of benzene rings is 1. The number of likely N-dealkylation sites (tertiary alicyclic amines) is 1. The third-order valence-corrected chi connectivity index (χ3v) is 4.13. The Labute approximate surface area is 153 Å². The van der Waals surface area contributed by atoms with Gasteiger partial charge in [-0.05, 0) is 39.2 Å². The first kappa shape index (κ1) is 19.8. The summed E-state index contributed by atoms with van der Waals surface area (Å²) in [6, 6.07) is 7.84. The lowest BCUT2D eigenvalue weighted by Crippen LogP contribution is -2.53. The number of rotatable bonds is 5. The van der Waals surface area contributed by atoms with E-state index >= 15 is 0 Å². The van der Waals surface area contributed by atoms with Gasteiger partial charge in [0.2, 0.25) is 11.8 Å². The highest BCUT2D eigenvalue weighted by molar-refractivity contribution is 5.91. The molecule has 26 heavy (non-hydrogen) atoms. The van der Waals surface area contributed by atoms with Crippen molar-refractivity contribution in [1.82, 2.24) is 10.2 Å². The second-order valence-corrected chi connectivity index (χ2v) is 7.49. The van der Waals surface area contributed by atoms with E-state index in [2.05, 4.69) is 5.32 Å². The second-order valence-electron chi connectivity index (χ2n) is 7.49. The van der Waals surface area contributed by atoms with E-state index in [4.69, 9.17) is 10.5 Å². The topological polar surface area (TPSA) is 102 Å². The molecular weight excluding hydrogens is 334 g/mol. The van der Waals surface area contributed by atoms with Crippen molar-refractivity contribution in [3.63, 3.8) is 0 Å². The summed E-state index contributed by atoms with van der Waals surface area (Å²) in [7, 11) is 0. The minimum absolute atomic E-state index is 0.307. The number of carbonyl (C=O) groups is 3. The summed E-state index contributed by atoms with van der Waals surface area (Å²) >= 11 is 0. The lowest BCUT2D eigenvalue weighted by atomic mass is 10.0. The standard InChI is InChI=1S/C19H27N3O4/c1-19(2,3)26-18(25)22-11-7-10-15(22)17(24)21-14(16(20)23)12-13-8-5-4-6-9-13/h4-6,8-9,14-15H,7,10-12H2,1-3H3,(H2,20,23)(H,21,24)/t14-,15-/m0/s1. The van der Waals surface area contributed by atoms with Crippen LogP contribution in [0.4, 0.5) is 4.79 Å². The predicted molar refractivity (Wildman–Crippen MR) is 97.2 cm³/mol. The van der Waals surface area contributed by atoms with Gasteiger partial charge in [-0.15, -0.1) is 0 Å². The van der Waals surface area contributed by atoms with Crippen molar-refractivity contribution in [2.75, 3.05) is 6.54 Å². The Kier molecular flexibility index (Phi) is 6.23. The van der Waals surface area contributed by atoms with Crippen molar-refractivity contribution in [3.05, 3.63) is 35.9 Å². The molecule has 1 aromatic rings. The van der Waals surface area contributed by atoms with Gasteiger partial charge in [-0.3, -0.25) is 14.5 Å². The van der Waals surface area contributed by atoms with Crippen LogP contribution in [-0.2, 0) is 20.7 Å². The molecule has 7 nitrogen and oxygen atoms in total. The van der Waals surface area contributed by atoms with Gasteiger partial charge in [0, 0.05) is 13.0 Å². The van der Waals surface area contributed by atoms with Crippen molar-refractivity contribution in [3.8, 4) is 0 Å². The minimum Gasteiger partial charge on any atom is -0.444 e. The summed E-state index contributed by atoms with van der Waals surface area (Å²) in [6.45, 7) is 5.78. The molecule has 142 valence electrons. The molecule has 2 rings (SSSR count). The zero-order valence-corrected chi connectivity index (χ0v) is 15.5. The van der Waals surface area contributed by atoms with Crippen LogP contribution in [0, 0.1) is 0 Å². The Balaban J connectivity index is 2.03. The number of hydrogen-bond acceptors (Lipinski definition) is 4. The number of nitrogens with one attached hydrogen (secondary N) is 1. The third kappa shape index (κ3) is 5.47. The third-order valence-electron chi connectivity index (χ3n) is 4.13. The molecule has 0 spiro atoms. The number of amides is 3. The van der Waals surface area contributed by atoms with Crippen LogP contribution in [0.15, 0.2) is 30.3 Å². The first-order valence-corrected chi connectivity index (χ1v) is 8.80. The normalized spacial score (nSPS) is 18.3. The Morgan fingerprint density at radius 1 is 1.27 bits per heavy atom. The molecule has 0 saturated carbocycles. The molecule has 1 saturated heterocycles. The van der Waals surface area contributed by atoms with E-state index in [0.29, 0.717) is 25.8 Å². The van der Waals surface area contributed by atoms with E-state index in [1.54, 1.807) is 20.8 Å². The van der Waals surface area contributed by atoms with Crippen molar-refractivity contribution < 1.29 is 19.1 Å². The summed E-state index contributed by atoms with van der Waals surface area (Å²) in [5.41, 5.74) is 5.71. The lowest BCUT2D eigenvalue weighted by Gasteiger charge is -2.28. The first-order chi connectivity index (χ1) is 12.2. The molecular formula is C19H27N3O4. The maximum atomic E-state index is 12.7. The highest BCUT2D eigenvalue weighted by atomic mass is 16.6. The molecule has 1 fully saturated rings. The smallest absolute Gasteiger partial charge is 0.410 e. The number of ether oxygens (including phenoxy) is 1. The molecule has 0 aromatic heterocycles. The largest absolute Gasteiger partial charge is 0.444 e. The molecule has 2 atom stereocenters. The molecule has 1 heterocycles. The number of carbonyl (C=O) groups excluding carboxylic acids is 3. The van der Waals surface area contributed by atoms with Gasteiger partial charge in [-0.2, -0.15) is 0 Å². The molecule has 0 unspecified atom stereocenters. The number of nitrogens with zero attached hydrogens (tertiary/aromatic N) is 1. The highest BCUT2D eigenvalue weighted by Gasteiger charge is 2.37. The van der Waals surface area contributed by atoms with Crippen molar-refractivity contribution in [1.29, 1.82) is 0 Å². The van der Waals surface area contributed by atoms with E-state index < -0.39 is 29.7 Å². The van der Waals surface area contributed by atoms with Crippen LogP contribution in [-0.4, -0.2) is 47.0 Å². The van der Waals surface area contributed by atoms with Crippen LogP contribution in [0.3, 0.4) is 0 Å². The van der Waals surface area contributed by atoms with Crippen LogP contribution >= 0.6 is 0 Å². The van der Waals surface area contributed by atoms with E-state index in [-0.39, 0.29) is 5.91 Å². The quantitative estimate of drug-likeness (QED) is 0.831. The van der Waals surface area contributed by atoms with E-state index in [0.717, 1.165) is 5.56 Å². The monoisotopic (exact) mass is 361 g/mol. The van der Waals surface area contributed by atoms with Crippen molar-refractivity contribution >= 4 is 17.9 Å². The molecule has 7 heteroatoms. The molecule has 0 radical (unpaired) electrons. The average molecular weight is 361 g/mol. The SMILES string of the molecule is CC(C)(C)OC(=O)N1CCC[C@H]1C(=O)N[C@@H](Cc1ccccc1)C(N)=O. The zero-order valence-electron chi connectivity index (χ0n) is 15.5. The van der Waals surface area contributed by atoms with Crippen LogP contribution in [0.5, 0.6) is 0 Å². The second kappa shape index (κ2) is 8.21. The van der Waals surface area contributed by atoms with Gasteiger partial charge in [-0.25, -0.2) is 4.79 Å². The van der Waals surface area contributed by atoms with Crippen LogP contribution in [0.25, 0.3) is 0 Å². The van der Waals surface area contributed by atoms with E-state index in [1.807, 2.05) is 30.3 Å². The number of nitrogens with two attached hydrogens (primary N) is 1. The van der Waals surface area contributed by atoms with Gasteiger partial charge < -0.3 is 15.8 Å². The molecule has 0 bridgehead atoms. The predicted octanol–water partition coefficient (Wildman–Crippen LogP) is 1.60. The fourth-order valence-electron chi connectivity index (χ4n) is 2.92. The maximum Gasteiger partial charge on any atom is 0.410 e. The highest BCUT2D eigenvalue weighted by Crippen LogP contribution is 2.21. The number of hydrogen-bond donors (Lipinski definition) is 2. The van der Waals surface area contributed by atoms with Gasteiger partial charge in [0.1, 0.15) is 17.7 Å². The van der Waals surface area contributed by atoms with Gasteiger partial charge >= 0.3 is 6.09 Å². The van der Waals surface area contributed by atoms with Crippen LogP contribution in [0.1, 0.15) is 39.2 Å². The van der Waals surface area contributed by atoms with Gasteiger partial charge in [0.25, 0.3) is 0 Å². The molecule has 1 aliphatic heterocycles. The average Bonchev–Trinajstić information content (AvgIpc) is 3.03. The summed E-state index contributed by atoms with van der Waals surface area (Å²) < 4.78 is 5.37. The summed E-state index contributed by atoms with van der Waals surface area (Å²) in [5, 5.41) is 2.69. The Morgan fingerprint density at radius 3 is 2.50 bits per heavy atom. The minimum atomic E-state index is -0.828. The van der Waals surface area contributed by atoms with Gasteiger partial charge in [0.05, 0.1) is 0 Å². The van der Waals surface area contributed by atoms with Crippen LogP contribution in [0.2, 0.25) is 0 Å². The van der Waals surface area contributed by atoms with Gasteiger partial charge in [0.15, 0.2) is 0 Å². The van der Waals surface area contributed by atoms with Gasteiger partial charge in [-0.1, -0.05) is 30.3 Å². The summed E-state index contributed by atoms with van der Waals surface area (Å²) in [5.74, 6) is -0.989. The van der Waals surface area contributed by atoms with Crippen molar-refractivity contribution in [2.45, 2.75) is 57.7 Å². The Morgan fingerprint density at radius 2 is 1.92 bits per heavy atom. The maximum absolute atomic E-state index is 12.7. The van der Waals surface area contributed by atoms with E-state index in [1.165, 1.54) is 4.90 Å². The fourth-order valence-corrected chi connectivity index (χ4v) is 2.92. The molecule has 1 aromatic carbocycles. The molecule has 0 aliphatic carbocycles. The first-order valence-electron chi connectivity index (χ1n) is 8.80. The molecule has 1 aliphatic rings. The Hall–Kier alpha value is -2.57. The summed E-state index contributed by atoms with van der Waals surface area (Å²) in [6.07, 6.45) is 1.02. The number of primary amides is 1.